The van der Waals surface area contributed by atoms with Crippen LogP contribution in [0.5, 0.6) is 0 Å². The highest BCUT2D eigenvalue weighted by Crippen LogP contribution is 2.36. The van der Waals surface area contributed by atoms with Crippen LogP contribution in [0.25, 0.3) is 16.9 Å². The average molecular weight is 369 g/mol. The van der Waals surface area contributed by atoms with Crippen LogP contribution in [0.1, 0.15) is 18.4 Å². The SMILES string of the molecule is Cc1ccc(S(=O)(=O)NC2(C#N)CC2)cc1-c1cnc2c(N)ncnn12. The van der Waals surface area contributed by atoms with Crippen LogP contribution in [0.4, 0.5) is 5.82 Å². The molecular weight excluding hydrogens is 354 g/mol. The number of benzene rings is 1. The van der Waals surface area contributed by atoms with Gasteiger partial charge in [-0.3, -0.25) is 0 Å². The second-order valence-electron chi connectivity index (χ2n) is 6.30. The quantitative estimate of drug-likeness (QED) is 0.699. The van der Waals surface area contributed by atoms with Gasteiger partial charge in [0.1, 0.15) is 11.9 Å². The lowest BCUT2D eigenvalue weighted by Gasteiger charge is -2.12. The van der Waals surface area contributed by atoms with Gasteiger partial charge in [-0.05, 0) is 37.5 Å². The number of sulfonamides is 1. The van der Waals surface area contributed by atoms with E-state index in [9.17, 15) is 8.42 Å². The molecule has 0 atom stereocenters. The van der Waals surface area contributed by atoms with E-state index in [1.165, 1.54) is 16.9 Å². The monoisotopic (exact) mass is 369 g/mol. The number of nitrogens with zero attached hydrogens (tertiary/aromatic N) is 5. The summed E-state index contributed by atoms with van der Waals surface area (Å²) in [5.74, 6) is 0.235. The Kier molecular flexibility index (Phi) is 3.47. The fraction of sp³-hybridized carbons (Fsp3) is 0.250. The molecule has 3 N–H and O–H groups in total. The van der Waals surface area contributed by atoms with Crippen LogP contribution in [0.15, 0.2) is 35.6 Å². The summed E-state index contributed by atoms with van der Waals surface area (Å²) in [4.78, 5) is 8.19. The predicted octanol–water partition coefficient (Wildman–Crippen LogP) is 1.02. The average Bonchev–Trinajstić information content (AvgIpc) is 3.23. The third-order valence-electron chi connectivity index (χ3n) is 4.42. The zero-order valence-electron chi connectivity index (χ0n) is 13.8. The summed E-state index contributed by atoms with van der Waals surface area (Å²) in [7, 11) is -3.82. The lowest BCUT2D eigenvalue weighted by atomic mass is 10.1. The molecule has 0 aliphatic heterocycles. The molecule has 0 amide bonds. The van der Waals surface area contributed by atoms with E-state index in [2.05, 4.69) is 19.8 Å². The molecule has 1 aliphatic carbocycles. The predicted molar refractivity (Wildman–Crippen MR) is 93.3 cm³/mol. The highest BCUT2D eigenvalue weighted by molar-refractivity contribution is 7.89. The highest BCUT2D eigenvalue weighted by Gasteiger charge is 2.46. The summed E-state index contributed by atoms with van der Waals surface area (Å²) >= 11 is 0. The van der Waals surface area contributed by atoms with Gasteiger partial charge < -0.3 is 5.73 Å². The minimum Gasteiger partial charge on any atom is -0.381 e. The summed E-state index contributed by atoms with van der Waals surface area (Å²) in [6.07, 6.45) is 3.93. The van der Waals surface area contributed by atoms with Crippen molar-refractivity contribution in [3.8, 4) is 17.3 Å². The Bertz CT molecular complexity index is 1170. The third-order valence-corrected chi connectivity index (χ3v) is 5.95. The number of hydrogen-bond acceptors (Lipinski definition) is 7. The largest absolute Gasteiger partial charge is 0.381 e. The van der Waals surface area contributed by atoms with Crippen molar-refractivity contribution in [1.29, 1.82) is 5.26 Å². The molecule has 9 nitrogen and oxygen atoms in total. The molecule has 0 bridgehead atoms. The molecule has 0 radical (unpaired) electrons. The van der Waals surface area contributed by atoms with Crippen LogP contribution in [0.2, 0.25) is 0 Å². The molecule has 0 spiro atoms. The second-order valence-corrected chi connectivity index (χ2v) is 7.98. The third kappa shape index (κ3) is 2.58. The van der Waals surface area contributed by atoms with Crippen LogP contribution in [-0.2, 0) is 10.0 Å². The van der Waals surface area contributed by atoms with E-state index in [0.29, 0.717) is 29.7 Å². The zero-order chi connectivity index (χ0) is 18.5. The van der Waals surface area contributed by atoms with Crippen molar-refractivity contribution in [2.24, 2.45) is 0 Å². The number of nitrogen functional groups attached to an aromatic ring is 1. The lowest BCUT2D eigenvalue weighted by molar-refractivity contribution is 0.571. The Labute approximate surface area is 149 Å². The van der Waals surface area contributed by atoms with Gasteiger partial charge in [0, 0.05) is 5.56 Å². The minimum absolute atomic E-state index is 0.0802. The first kappa shape index (κ1) is 16.4. The number of anilines is 1. The Hall–Kier alpha value is -3.03. The number of aryl methyl sites for hydroxylation is 1. The molecule has 1 fully saturated rings. The van der Waals surface area contributed by atoms with Crippen molar-refractivity contribution < 1.29 is 8.42 Å². The number of fused-ring (bicyclic) bond motifs is 1. The zero-order valence-corrected chi connectivity index (χ0v) is 14.7. The maximum Gasteiger partial charge on any atom is 0.241 e. The van der Waals surface area contributed by atoms with E-state index >= 15 is 0 Å². The van der Waals surface area contributed by atoms with Gasteiger partial charge in [-0.2, -0.15) is 15.1 Å². The molecule has 4 rings (SSSR count). The number of nitrogens with one attached hydrogen (secondary N) is 1. The smallest absolute Gasteiger partial charge is 0.241 e. The maximum absolute atomic E-state index is 12.7. The second kappa shape index (κ2) is 5.48. The molecule has 0 saturated heterocycles. The van der Waals surface area contributed by atoms with E-state index in [4.69, 9.17) is 11.0 Å². The molecular formula is C16H15N7O2S. The summed E-state index contributed by atoms with van der Waals surface area (Å²) in [5, 5.41) is 13.3. The van der Waals surface area contributed by atoms with Gasteiger partial charge >= 0.3 is 0 Å². The number of nitriles is 1. The standard InChI is InChI=1S/C16H15N7O2S/c1-10-2-3-11(26(24,25)22-16(8-17)4-5-16)6-12(10)13-7-19-15-14(18)20-9-21-23(13)15/h2-3,6-7,9,22H,4-5H2,1H3,(H2,18,20,21). The fourth-order valence-electron chi connectivity index (χ4n) is 2.74. The molecule has 2 heterocycles. The number of rotatable bonds is 4. The number of nitrogens with two attached hydrogens (primary N) is 1. The summed E-state index contributed by atoms with van der Waals surface area (Å²) in [6, 6.07) is 6.80. The Morgan fingerprint density at radius 3 is 2.81 bits per heavy atom. The molecule has 132 valence electrons. The molecule has 1 aromatic carbocycles. The van der Waals surface area contributed by atoms with E-state index in [-0.39, 0.29) is 10.7 Å². The number of aromatic nitrogens is 4. The number of imidazole rings is 1. The van der Waals surface area contributed by atoms with Gasteiger partial charge in [0.25, 0.3) is 0 Å². The van der Waals surface area contributed by atoms with Crippen molar-refractivity contribution >= 4 is 21.5 Å². The Balaban J connectivity index is 1.82. The summed E-state index contributed by atoms with van der Waals surface area (Å²) < 4.78 is 29.3. The Morgan fingerprint density at radius 1 is 1.35 bits per heavy atom. The van der Waals surface area contributed by atoms with Crippen molar-refractivity contribution in [1.82, 2.24) is 24.3 Å². The fourth-order valence-corrected chi connectivity index (χ4v) is 4.14. The van der Waals surface area contributed by atoms with Crippen LogP contribution < -0.4 is 10.5 Å². The Morgan fingerprint density at radius 2 is 2.12 bits per heavy atom. The first-order chi connectivity index (χ1) is 12.4. The van der Waals surface area contributed by atoms with Gasteiger partial charge in [0.15, 0.2) is 11.5 Å². The highest BCUT2D eigenvalue weighted by atomic mass is 32.2. The maximum atomic E-state index is 12.7. The van der Waals surface area contributed by atoms with Crippen LogP contribution in [0, 0.1) is 18.3 Å². The minimum atomic E-state index is -3.82. The van der Waals surface area contributed by atoms with Crippen molar-refractivity contribution in [3.05, 3.63) is 36.3 Å². The van der Waals surface area contributed by atoms with Gasteiger partial charge in [-0.1, -0.05) is 6.07 Å². The van der Waals surface area contributed by atoms with Crippen molar-refractivity contribution in [3.63, 3.8) is 0 Å². The molecule has 0 unspecified atom stereocenters. The summed E-state index contributed by atoms with van der Waals surface area (Å²) in [6.45, 7) is 1.86. The van der Waals surface area contributed by atoms with E-state index in [1.807, 2.05) is 13.0 Å². The molecule has 10 heteroatoms. The van der Waals surface area contributed by atoms with E-state index in [0.717, 1.165) is 5.56 Å². The van der Waals surface area contributed by atoms with Gasteiger partial charge in [0.2, 0.25) is 10.0 Å². The van der Waals surface area contributed by atoms with Gasteiger partial charge in [0.05, 0.1) is 22.9 Å². The van der Waals surface area contributed by atoms with Crippen LogP contribution in [-0.4, -0.2) is 33.5 Å². The van der Waals surface area contributed by atoms with Gasteiger partial charge in [-0.25, -0.2) is 22.9 Å². The van der Waals surface area contributed by atoms with Crippen molar-refractivity contribution in [2.75, 3.05) is 5.73 Å². The number of hydrogen-bond donors (Lipinski definition) is 2. The summed E-state index contributed by atoms with van der Waals surface area (Å²) in [5.41, 5.74) is 7.33. The van der Waals surface area contributed by atoms with Crippen LogP contribution in [0.3, 0.4) is 0 Å². The lowest BCUT2D eigenvalue weighted by Crippen LogP contribution is -2.35. The molecule has 3 aromatic rings. The molecule has 1 aliphatic rings. The van der Waals surface area contributed by atoms with E-state index < -0.39 is 15.6 Å². The molecule has 26 heavy (non-hydrogen) atoms. The topological polar surface area (TPSA) is 139 Å². The normalized spacial score (nSPS) is 15.7. The van der Waals surface area contributed by atoms with E-state index in [1.54, 1.807) is 18.3 Å². The molecule has 1 saturated carbocycles. The first-order valence-corrected chi connectivity index (χ1v) is 9.34. The van der Waals surface area contributed by atoms with Gasteiger partial charge in [-0.15, -0.1) is 0 Å². The van der Waals surface area contributed by atoms with Crippen LogP contribution >= 0.6 is 0 Å². The first-order valence-electron chi connectivity index (χ1n) is 7.86. The molecule has 2 aromatic heterocycles. The van der Waals surface area contributed by atoms with Crippen molar-refractivity contribution in [2.45, 2.75) is 30.2 Å².